The first-order valence-electron chi connectivity index (χ1n) is 10.4. The molecule has 0 saturated heterocycles. The number of aliphatic imine (C=N–C) groups is 1. The van der Waals surface area contributed by atoms with E-state index in [2.05, 4.69) is 83.8 Å². The molecule has 0 atom stereocenters. The van der Waals surface area contributed by atoms with Crippen molar-refractivity contribution in [1.82, 2.24) is 20.8 Å². The van der Waals surface area contributed by atoms with Gasteiger partial charge in [0.2, 0.25) is 5.89 Å². The molecule has 1 fully saturated rings. The predicted molar refractivity (Wildman–Crippen MR) is 128 cm³/mol. The van der Waals surface area contributed by atoms with Crippen molar-refractivity contribution >= 4 is 29.9 Å². The monoisotopic (exact) mass is 511 g/mol. The van der Waals surface area contributed by atoms with Crippen LogP contribution < -0.4 is 10.6 Å². The van der Waals surface area contributed by atoms with Crippen molar-refractivity contribution in [2.75, 3.05) is 6.54 Å². The lowest BCUT2D eigenvalue weighted by molar-refractivity contribution is 0.318. The maximum absolute atomic E-state index is 5.35. The summed E-state index contributed by atoms with van der Waals surface area (Å²) >= 11 is 0. The first-order valence-corrected chi connectivity index (χ1v) is 10.4. The van der Waals surface area contributed by atoms with Crippen molar-refractivity contribution in [3.8, 4) is 0 Å². The van der Waals surface area contributed by atoms with Gasteiger partial charge in [-0.2, -0.15) is 4.98 Å². The highest BCUT2D eigenvalue weighted by atomic mass is 127. The number of guanidine groups is 1. The lowest BCUT2D eigenvalue weighted by atomic mass is 9.82. The zero-order valence-corrected chi connectivity index (χ0v) is 20.3. The Labute approximate surface area is 191 Å². The highest BCUT2D eigenvalue weighted by Crippen LogP contribution is 2.32. The molecule has 6 nitrogen and oxygen atoms in total. The highest BCUT2D eigenvalue weighted by molar-refractivity contribution is 14.0. The Bertz CT molecular complexity index is 761. The van der Waals surface area contributed by atoms with Crippen LogP contribution in [0.15, 0.2) is 39.8 Å². The minimum Gasteiger partial charge on any atom is -0.357 e. The van der Waals surface area contributed by atoms with Crippen LogP contribution >= 0.6 is 24.0 Å². The van der Waals surface area contributed by atoms with Gasteiger partial charge in [0.1, 0.15) is 6.54 Å². The molecule has 1 saturated carbocycles. The summed E-state index contributed by atoms with van der Waals surface area (Å²) in [5, 5.41) is 11.0. The minimum absolute atomic E-state index is 0. The fourth-order valence-electron chi connectivity index (χ4n) is 3.58. The number of hydrogen-bond acceptors (Lipinski definition) is 4. The fourth-order valence-corrected chi connectivity index (χ4v) is 3.58. The molecule has 1 heterocycles. The van der Waals surface area contributed by atoms with Gasteiger partial charge >= 0.3 is 0 Å². The molecule has 2 N–H and O–H groups in total. The van der Waals surface area contributed by atoms with Crippen LogP contribution in [0.25, 0.3) is 0 Å². The molecule has 29 heavy (non-hydrogen) atoms. The summed E-state index contributed by atoms with van der Waals surface area (Å²) in [6.07, 6.45) is 4.72. The standard InChI is InChI=1S/C22H33N5O.HI/c1-5-23-21(24-15-19-26-20(28-27-19)22(2,3)4)25-18-13-11-17(12-14-18)16-9-7-6-8-10-16;/h6-10,17-18H,5,11-15H2,1-4H3,(H2,23,24,25);1H. The van der Waals surface area contributed by atoms with E-state index in [1.54, 1.807) is 0 Å². The van der Waals surface area contributed by atoms with Crippen LogP contribution in [0.3, 0.4) is 0 Å². The van der Waals surface area contributed by atoms with Gasteiger partial charge in [0.25, 0.3) is 0 Å². The molecule has 0 bridgehead atoms. The zero-order chi connectivity index (χ0) is 20.0. The van der Waals surface area contributed by atoms with Gasteiger partial charge in [0.15, 0.2) is 11.8 Å². The number of benzene rings is 1. The molecule has 2 aromatic rings. The lowest BCUT2D eigenvalue weighted by Gasteiger charge is -2.30. The summed E-state index contributed by atoms with van der Waals surface area (Å²) in [6.45, 7) is 9.50. The highest BCUT2D eigenvalue weighted by Gasteiger charge is 2.23. The molecule has 7 heteroatoms. The van der Waals surface area contributed by atoms with E-state index in [0.717, 1.165) is 25.3 Å². The smallest absolute Gasteiger partial charge is 0.232 e. The van der Waals surface area contributed by atoms with Crippen molar-refractivity contribution in [3.05, 3.63) is 47.6 Å². The number of rotatable bonds is 5. The van der Waals surface area contributed by atoms with Crippen molar-refractivity contribution in [2.45, 2.75) is 77.3 Å². The molecule has 160 valence electrons. The molecule has 0 unspecified atom stereocenters. The largest absolute Gasteiger partial charge is 0.357 e. The van der Waals surface area contributed by atoms with Gasteiger partial charge < -0.3 is 15.2 Å². The van der Waals surface area contributed by atoms with Gasteiger partial charge in [-0.05, 0) is 44.1 Å². The van der Waals surface area contributed by atoms with E-state index < -0.39 is 0 Å². The summed E-state index contributed by atoms with van der Waals surface area (Å²) in [4.78, 5) is 9.12. The number of nitrogens with zero attached hydrogens (tertiary/aromatic N) is 3. The first-order chi connectivity index (χ1) is 13.5. The van der Waals surface area contributed by atoms with Crippen LogP contribution in [0, 0.1) is 0 Å². The van der Waals surface area contributed by atoms with Crippen LogP contribution in [-0.4, -0.2) is 28.7 Å². The van der Waals surface area contributed by atoms with Gasteiger partial charge in [0, 0.05) is 18.0 Å². The molecule has 0 aliphatic heterocycles. The number of hydrogen-bond donors (Lipinski definition) is 2. The van der Waals surface area contributed by atoms with E-state index in [0.29, 0.717) is 30.2 Å². The van der Waals surface area contributed by atoms with Crippen molar-refractivity contribution in [3.63, 3.8) is 0 Å². The molecule has 0 spiro atoms. The van der Waals surface area contributed by atoms with Crippen LogP contribution in [0.2, 0.25) is 0 Å². The van der Waals surface area contributed by atoms with Crippen LogP contribution in [0.4, 0.5) is 0 Å². The average Bonchev–Trinajstić information content (AvgIpc) is 3.17. The molecule has 1 aromatic carbocycles. The van der Waals surface area contributed by atoms with Crippen LogP contribution in [-0.2, 0) is 12.0 Å². The van der Waals surface area contributed by atoms with E-state index in [1.807, 2.05) is 0 Å². The Morgan fingerprint density at radius 2 is 1.83 bits per heavy atom. The topological polar surface area (TPSA) is 75.3 Å². The first kappa shape index (κ1) is 23.6. The van der Waals surface area contributed by atoms with E-state index >= 15 is 0 Å². The number of aromatic nitrogens is 2. The van der Waals surface area contributed by atoms with E-state index in [4.69, 9.17) is 4.52 Å². The fraction of sp³-hybridized carbons (Fsp3) is 0.591. The van der Waals surface area contributed by atoms with Crippen molar-refractivity contribution in [1.29, 1.82) is 0 Å². The Morgan fingerprint density at radius 3 is 2.41 bits per heavy atom. The van der Waals surface area contributed by atoms with Crippen molar-refractivity contribution in [2.24, 2.45) is 4.99 Å². The summed E-state index contributed by atoms with van der Waals surface area (Å²) in [7, 11) is 0. The minimum atomic E-state index is -0.144. The van der Waals surface area contributed by atoms with Gasteiger partial charge in [-0.3, -0.25) is 0 Å². The van der Waals surface area contributed by atoms with E-state index in [9.17, 15) is 0 Å². The van der Waals surface area contributed by atoms with Gasteiger partial charge in [-0.1, -0.05) is 56.3 Å². The molecule has 1 aliphatic rings. The molecule has 1 aliphatic carbocycles. The maximum atomic E-state index is 5.35. The lowest BCUT2D eigenvalue weighted by Crippen LogP contribution is -2.44. The Balaban J connectivity index is 0.00000300. The number of nitrogens with one attached hydrogen (secondary N) is 2. The van der Waals surface area contributed by atoms with Gasteiger partial charge in [-0.15, -0.1) is 24.0 Å². The predicted octanol–water partition coefficient (Wildman–Crippen LogP) is 4.77. The second kappa shape index (κ2) is 10.9. The third kappa shape index (κ3) is 6.97. The molecular weight excluding hydrogens is 477 g/mol. The SMILES string of the molecule is CCNC(=NCc1noc(C(C)(C)C)n1)NC1CCC(c2ccccc2)CC1.I. The second-order valence-electron chi connectivity index (χ2n) is 8.56. The molecule has 0 radical (unpaired) electrons. The van der Waals surface area contributed by atoms with Crippen LogP contribution in [0.5, 0.6) is 0 Å². The summed E-state index contributed by atoms with van der Waals surface area (Å²) in [5.74, 6) is 2.77. The average molecular weight is 511 g/mol. The van der Waals surface area contributed by atoms with Gasteiger partial charge in [0.05, 0.1) is 0 Å². The Kier molecular flexibility index (Phi) is 8.92. The van der Waals surface area contributed by atoms with Crippen LogP contribution in [0.1, 0.15) is 76.6 Å². The molecular formula is C22H34IN5O. The van der Waals surface area contributed by atoms with E-state index in [-0.39, 0.29) is 29.4 Å². The zero-order valence-electron chi connectivity index (χ0n) is 17.9. The molecule has 0 amide bonds. The normalized spacial score (nSPS) is 20.1. The van der Waals surface area contributed by atoms with Crippen molar-refractivity contribution < 1.29 is 4.52 Å². The quantitative estimate of drug-likeness (QED) is 0.344. The van der Waals surface area contributed by atoms with E-state index in [1.165, 1.54) is 18.4 Å². The molecule has 1 aromatic heterocycles. The second-order valence-corrected chi connectivity index (χ2v) is 8.56. The summed E-state index contributed by atoms with van der Waals surface area (Å²) in [5.41, 5.74) is 1.32. The third-order valence-electron chi connectivity index (χ3n) is 5.17. The van der Waals surface area contributed by atoms with Gasteiger partial charge in [-0.25, -0.2) is 4.99 Å². The summed E-state index contributed by atoms with van der Waals surface area (Å²) in [6, 6.07) is 11.3. The Morgan fingerprint density at radius 1 is 1.14 bits per heavy atom. The third-order valence-corrected chi connectivity index (χ3v) is 5.17. The summed E-state index contributed by atoms with van der Waals surface area (Å²) < 4.78 is 5.35. The number of halogens is 1. The molecule has 3 rings (SSSR count). The maximum Gasteiger partial charge on any atom is 0.232 e. The Hall–Kier alpha value is -1.64.